The van der Waals surface area contributed by atoms with Crippen LogP contribution in [0.1, 0.15) is 37.4 Å². The molecule has 8 nitrogen and oxygen atoms in total. The normalized spacial score (nSPS) is 19.5. The zero-order chi connectivity index (χ0) is 24.6. The molecule has 0 saturated carbocycles. The number of carboxylic acid groups (broad SMARTS) is 1. The van der Waals surface area contributed by atoms with Crippen molar-refractivity contribution >= 4 is 28.6 Å². The van der Waals surface area contributed by atoms with Crippen molar-refractivity contribution in [3.05, 3.63) is 54.7 Å². The number of nitrogens with zero attached hydrogens (tertiary/aromatic N) is 4. The van der Waals surface area contributed by atoms with Crippen LogP contribution in [0, 0.1) is 11.8 Å². The van der Waals surface area contributed by atoms with E-state index in [-0.39, 0.29) is 18.3 Å². The van der Waals surface area contributed by atoms with Crippen molar-refractivity contribution in [1.29, 1.82) is 0 Å². The molecular weight excluding hydrogens is 464 g/mol. The lowest BCUT2D eigenvalue weighted by Crippen LogP contribution is -2.42. The Bertz CT molecular complexity index is 1120. The Morgan fingerprint density at radius 2 is 2.09 bits per heavy atom. The summed E-state index contributed by atoms with van der Waals surface area (Å²) in [5.74, 6) is 1.23. The highest BCUT2D eigenvalue weighted by atomic mass is 32.2. The maximum atomic E-state index is 11.6. The molecule has 4 rings (SSSR count). The number of methoxy groups -OCH3 is 1. The number of likely N-dealkylation sites (tertiary alicyclic amines) is 1. The van der Waals surface area contributed by atoms with Gasteiger partial charge in [-0.05, 0) is 67.5 Å². The van der Waals surface area contributed by atoms with Crippen molar-refractivity contribution in [2.24, 2.45) is 11.8 Å². The summed E-state index contributed by atoms with van der Waals surface area (Å²) in [5, 5.41) is 21.4. The first kappa shape index (κ1) is 25.3. The minimum Gasteiger partial charge on any atom is -0.497 e. The smallest absolute Gasteiger partial charge is 0.303 e. The second kappa shape index (κ2) is 12.3. The van der Waals surface area contributed by atoms with Crippen LogP contribution in [0.15, 0.2) is 54.1 Å². The average Bonchev–Trinajstić information content (AvgIpc) is 2.87. The van der Waals surface area contributed by atoms with Crippen molar-refractivity contribution in [2.75, 3.05) is 32.5 Å². The van der Waals surface area contributed by atoms with Crippen molar-refractivity contribution in [1.82, 2.24) is 19.9 Å². The molecule has 9 heteroatoms. The summed E-state index contributed by atoms with van der Waals surface area (Å²) < 4.78 is 5.35. The molecule has 3 atom stereocenters. The van der Waals surface area contributed by atoms with E-state index < -0.39 is 12.1 Å². The Hall–Kier alpha value is -2.75. The molecule has 1 aliphatic heterocycles. The van der Waals surface area contributed by atoms with E-state index in [1.54, 1.807) is 25.1 Å². The molecule has 0 radical (unpaired) electrons. The standard InChI is InChI=1S/C26H32N4O4S/c1-34-20-3-4-24-23(13-20)22(6-8-29-24)25(31)5-2-18-7-9-30(16-19(18)12-26(32)33)10-11-35-21-14-27-17-28-15-21/h3-4,6,8,13-15,17-19,25,31H,2,5,7,9-12,16H2,1H3,(H,32,33)/t18-,19+,25+/m1/s1. The summed E-state index contributed by atoms with van der Waals surface area (Å²) in [4.78, 5) is 27.5. The Labute approximate surface area is 209 Å². The van der Waals surface area contributed by atoms with Gasteiger partial charge in [0, 0.05) is 54.1 Å². The predicted molar refractivity (Wildman–Crippen MR) is 136 cm³/mol. The Kier molecular flexibility index (Phi) is 8.90. The van der Waals surface area contributed by atoms with E-state index in [2.05, 4.69) is 19.9 Å². The van der Waals surface area contributed by atoms with E-state index >= 15 is 0 Å². The third kappa shape index (κ3) is 6.90. The van der Waals surface area contributed by atoms with Gasteiger partial charge in [-0.25, -0.2) is 9.97 Å². The van der Waals surface area contributed by atoms with E-state index in [1.165, 1.54) is 6.33 Å². The molecular formula is C26H32N4O4S. The molecule has 35 heavy (non-hydrogen) atoms. The maximum Gasteiger partial charge on any atom is 0.303 e. The molecule has 3 heterocycles. The van der Waals surface area contributed by atoms with Gasteiger partial charge in [0.1, 0.15) is 12.1 Å². The van der Waals surface area contributed by atoms with Crippen LogP contribution in [0.5, 0.6) is 5.75 Å². The lowest BCUT2D eigenvalue weighted by atomic mass is 9.79. The fraction of sp³-hybridized carbons (Fsp3) is 0.462. The van der Waals surface area contributed by atoms with Gasteiger partial charge in [-0.2, -0.15) is 0 Å². The van der Waals surface area contributed by atoms with Crippen LogP contribution in [0.3, 0.4) is 0 Å². The highest BCUT2D eigenvalue weighted by molar-refractivity contribution is 7.99. The quantitative estimate of drug-likeness (QED) is 0.380. The van der Waals surface area contributed by atoms with Gasteiger partial charge in [0.25, 0.3) is 0 Å². The zero-order valence-corrected chi connectivity index (χ0v) is 20.7. The van der Waals surface area contributed by atoms with Crippen LogP contribution in [-0.4, -0.2) is 68.5 Å². The number of piperidine rings is 1. The van der Waals surface area contributed by atoms with Crippen molar-refractivity contribution in [2.45, 2.75) is 36.7 Å². The van der Waals surface area contributed by atoms with Gasteiger partial charge in [0.05, 0.1) is 18.7 Å². The largest absolute Gasteiger partial charge is 0.497 e. The molecule has 0 unspecified atom stereocenters. The van der Waals surface area contributed by atoms with Crippen molar-refractivity contribution in [3.8, 4) is 5.75 Å². The number of carboxylic acids is 1. The van der Waals surface area contributed by atoms with Crippen molar-refractivity contribution < 1.29 is 19.7 Å². The summed E-state index contributed by atoms with van der Waals surface area (Å²) in [6.45, 7) is 2.61. The Balaban J connectivity index is 1.35. The SMILES string of the molecule is COc1ccc2nccc([C@@H](O)CC[C@@H]3CCN(CCSc4cncnc4)C[C@@H]3CC(=O)O)c2c1. The number of fused-ring (bicyclic) bond motifs is 1. The van der Waals surface area contributed by atoms with Crippen LogP contribution < -0.4 is 4.74 Å². The summed E-state index contributed by atoms with van der Waals surface area (Å²) in [7, 11) is 1.62. The first-order valence-electron chi connectivity index (χ1n) is 12.0. The zero-order valence-electron chi connectivity index (χ0n) is 19.9. The number of hydrogen-bond acceptors (Lipinski definition) is 8. The molecule has 0 amide bonds. The summed E-state index contributed by atoms with van der Waals surface area (Å²) >= 11 is 1.72. The van der Waals surface area contributed by atoms with E-state index in [0.717, 1.165) is 65.3 Å². The molecule has 1 fully saturated rings. The van der Waals surface area contributed by atoms with Crippen LogP contribution in [-0.2, 0) is 4.79 Å². The molecule has 2 N–H and O–H groups in total. The van der Waals surface area contributed by atoms with Crippen LogP contribution in [0.2, 0.25) is 0 Å². The highest BCUT2D eigenvalue weighted by Gasteiger charge is 2.31. The number of thioether (sulfide) groups is 1. The molecule has 1 saturated heterocycles. The average molecular weight is 497 g/mol. The lowest BCUT2D eigenvalue weighted by molar-refractivity contribution is -0.139. The minimum absolute atomic E-state index is 0.0767. The second-order valence-electron chi connectivity index (χ2n) is 9.01. The highest BCUT2D eigenvalue weighted by Crippen LogP contribution is 2.35. The van der Waals surface area contributed by atoms with Gasteiger partial charge in [-0.15, -0.1) is 11.8 Å². The second-order valence-corrected chi connectivity index (χ2v) is 10.2. The summed E-state index contributed by atoms with van der Waals surface area (Å²) in [6.07, 6.45) is 8.70. The maximum absolute atomic E-state index is 11.6. The van der Waals surface area contributed by atoms with Gasteiger partial charge in [-0.1, -0.05) is 0 Å². The number of rotatable bonds is 11. The van der Waals surface area contributed by atoms with Gasteiger partial charge < -0.3 is 19.8 Å². The number of benzene rings is 1. The van der Waals surface area contributed by atoms with Gasteiger partial charge >= 0.3 is 5.97 Å². The van der Waals surface area contributed by atoms with Gasteiger partial charge in [0.2, 0.25) is 0 Å². The topological polar surface area (TPSA) is 109 Å². The molecule has 0 bridgehead atoms. The molecule has 1 aromatic carbocycles. The first-order chi connectivity index (χ1) is 17.0. The molecule has 0 spiro atoms. The molecule has 1 aliphatic rings. The third-order valence-electron chi connectivity index (χ3n) is 6.78. The van der Waals surface area contributed by atoms with Gasteiger partial charge in [-0.3, -0.25) is 9.78 Å². The van der Waals surface area contributed by atoms with Crippen molar-refractivity contribution in [3.63, 3.8) is 0 Å². The van der Waals surface area contributed by atoms with Crippen LogP contribution >= 0.6 is 11.8 Å². The molecule has 2 aromatic heterocycles. The number of aliphatic carboxylic acids is 1. The summed E-state index contributed by atoms with van der Waals surface area (Å²) in [5.41, 5.74) is 1.65. The number of pyridine rings is 1. The fourth-order valence-corrected chi connectivity index (χ4v) is 5.79. The van der Waals surface area contributed by atoms with E-state index in [1.807, 2.05) is 36.7 Å². The minimum atomic E-state index is -0.759. The molecule has 0 aliphatic carbocycles. The number of aliphatic hydroxyl groups is 1. The number of aliphatic hydroxyl groups excluding tert-OH is 1. The van der Waals surface area contributed by atoms with E-state index in [4.69, 9.17) is 4.74 Å². The lowest BCUT2D eigenvalue weighted by Gasteiger charge is -2.38. The monoisotopic (exact) mass is 496 g/mol. The number of aromatic nitrogens is 3. The number of ether oxygens (including phenoxy) is 1. The number of carbonyl (C=O) groups is 1. The Morgan fingerprint density at radius 1 is 1.26 bits per heavy atom. The molecule has 3 aromatic rings. The van der Waals surface area contributed by atoms with E-state index in [9.17, 15) is 15.0 Å². The first-order valence-corrected chi connectivity index (χ1v) is 12.9. The fourth-order valence-electron chi connectivity index (χ4n) is 4.94. The number of hydrogen-bond donors (Lipinski definition) is 2. The molecule has 186 valence electrons. The van der Waals surface area contributed by atoms with E-state index in [0.29, 0.717) is 6.42 Å². The van der Waals surface area contributed by atoms with Crippen LogP contribution in [0.4, 0.5) is 0 Å². The van der Waals surface area contributed by atoms with Gasteiger partial charge in [0.15, 0.2) is 0 Å². The third-order valence-corrected chi connectivity index (χ3v) is 7.71. The predicted octanol–water partition coefficient (Wildman–Crippen LogP) is 4.05. The Morgan fingerprint density at radius 3 is 2.86 bits per heavy atom. The summed E-state index contributed by atoms with van der Waals surface area (Å²) in [6, 6.07) is 7.53. The van der Waals surface area contributed by atoms with Crippen LogP contribution in [0.25, 0.3) is 10.9 Å².